The molecule has 0 aliphatic carbocycles. The van der Waals surface area contributed by atoms with Crippen molar-refractivity contribution in [2.24, 2.45) is 0 Å². The number of carbonyl (C=O) groups excluding carboxylic acids is 1. The lowest BCUT2D eigenvalue weighted by molar-refractivity contribution is -0.144. The fraction of sp³-hybridized carbons (Fsp3) is 0.167. The number of aromatic amines is 1. The number of halogens is 3. The highest BCUT2D eigenvalue weighted by molar-refractivity contribution is 8.00. The summed E-state index contributed by atoms with van der Waals surface area (Å²) in [5.41, 5.74) is 1.92. The number of hydrogen-bond donors (Lipinski definition) is 2. The van der Waals surface area contributed by atoms with Crippen LogP contribution in [0.2, 0.25) is 0 Å². The van der Waals surface area contributed by atoms with Crippen LogP contribution in [-0.2, 0) is 11.0 Å². The van der Waals surface area contributed by atoms with Gasteiger partial charge in [0.05, 0.1) is 29.9 Å². The van der Waals surface area contributed by atoms with E-state index in [4.69, 9.17) is 4.74 Å². The highest BCUT2D eigenvalue weighted by Gasteiger charge is 2.34. The van der Waals surface area contributed by atoms with E-state index in [-0.39, 0.29) is 22.7 Å². The van der Waals surface area contributed by atoms with E-state index in [0.29, 0.717) is 5.56 Å². The molecule has 1 unspecified atom stereocenters. The van der Waals surface area contributed by atoms with E-state index < -0.39 is 18.0 Å². The van der Waals surface area contributed by atoms with E-state index in [1.54, 1.807) is 19.2 Å². The molecule has 4 aromatic rings. The number of nitrogens with one attached hydrogen (secondary N) is 2. The summed E-state index contributed by atoms with van der Waals surface area (Å²) < 4.78 is 44.2. The van der Waals surface area contributed by atoms with Crippen molar-refractivity contribution < 1.29 is 22.7 Å². The number of thioether (sulfide) groups is 1. The highest BCUT2D eigenvalue weighted by atomic mass is 32.2. The number of fused-ring (bicyclic) bond motifs is 1. The van der Waals surface area contributed by atoms with Crippen molar-refractivity contribution in [3.05, 3.63) is 89.7 Å². The molecule has 0 saturated carbocycles. The van der Waals surface area contributed by atoms with Gasteiger partial charge in [0.2, 0.25) is 11.7 Å². The molecule has 0 aliphatic heterocycles. The lowest BCUT2D eigenvalue weighted by Crippen LogP contribution is -2.30. The maximum absolute atomic E-state index is 13.0. The van der Waals surface area contributed by atoms with Crippen LogP contribution in [0.3, 0.4) is 0 Å². The molecular formula is C24H20F3N3O2S. The quantitative estimate of drug-likeness (QED) is 0.345. The van der Waals surface area contributed by atoms with Crippen molar-refractivity contribution in [2.75, 3.05) is 12.9 Å². The molecule has 1 atom stereocenters. The van der Waals surface area contributed by atoms with Gasteiger partial charge in [-0.15, -0.1) is 11.8 Å². The zero-order valence-electron chi connectivity index (χ0n) is 17.5. The smallest absolute Gasteiger partial charge is 0.449 e. The fourth-order valence-electron chi connectivity index (χ4n) is 3.37. The van der Waals surface area contributed by atoms with Gasteiger partial charge in [-0.3, -0.25) is 4.79 Å². The lowest BCUT2D eigenvalue weighted by atomic mass is 9.98. The molecule has 0 spiro atoms. The first-order valence-corrected chi connectivity index (χ1v) is 11.0. The number of amides is 1. The number of hydrogen-bond acceptors (Lipinski definition) is 4. The van der Waals surface area contributed by atoms with Crippen molar-refractivity contribution >= 4 is 28.7 Å². The largest absolute Gasteiger partial charge is 0.497 e. The van der Waals surface area contributed by atoms with Gasteiger partial charge < -0.3 is 15.0 Å². The third kappa shape index (κ3) is 5.48. The van der Waals surface area contributed by atoms with E-state index in [0.717, 1.165) is 16.2 Å². The Morgan fingerprint density at radius 1 is 1.06 bits per heavy atom. The van der Waals surface area contributed by atoms with Crippen LogP contribution in [0.15, 0.2) is 77.7 Å². The number of imidazole rings is 1. The van der Waals surface area contributed by atoms with Crippen molar-refractivity contribution in [3.8, 4) is 5.75 Å². The summed E-state index contributed by atoms with van der Waals surface area (Å²) in [6.45, 7) is 0. The molecule has 170 valence electrons. The van der Waals surface area contributed by atoms with Crippen LogP contribution in [0, 0.1) is 0 Å². The van der Waals surface area contributed by atoms with Gasteiger partial charge in [-0.05, 0) is 47.5 Å². The molecule has 0 saturated heterocycles. The molecule has 3 aromatic carbocycles. The number of carbonyl (C=O) groups is 1. The number of rotatable bonds is 7. The molecule has 0 fully saturated rings. The Labute approximate surface area is 192 Å². The van der Waals surface area contributed by atoms with Crippen LogP contribution >= 0.6 is 11.8 Å². The molecule has 33 heavy (non-hydrogen) atoms. The Bertz CT molecular complexity index is 1240. The Kier molecular flexibility index (Phi) is 6.60. The Morgan fingerprint density at radius 2 is 1.79 bits per heavy atom. The monoisotopic (exact) mass is 471 g/mol. The van der Waals surface area contributed by atoms with Crippen molar-refractivity contribution in [1.82, 2.24) is 15.3 Å². The first-order valence-electron chi connectivity index (χ1n) is 10.0. The number of alkyl halides is 3. The SMILES string of the molecule is COc1ccc(SCC(=O)NC(c2ccccc2)c2ccc3nc(C(F)(F)F)[nH]c3c2)cc1. The summed E-state index contributed by atoms with van der Waals surface area (Å²) in [5, 5.41) is 3.00. The lowest BCUT2D eigenvalue weighted by Gasteiger charge is -2.20. The van der Waals surface area contributed by atoms with Gasteiger partial charge in [0.1, 0.15) is 5.75 Å². The van der Waals surface area contributed by atoms with Crippen LogP contribution in [0.1, 0.15) is 23.0 Å². The predicted molar refractivity (Wildman–Crippen MR) is 121 cm³/mol. The summed E-state index contributed by atoms with van der Waals surface area (Å²) in [6.07, 6.45) is -4.56. The van der Waals surface area contributed by atoms with Crippen molar-refractivity contribution in [1.29, 1.82) is 0 Å². The second-order valence-electron chi connectivity index (χ2n) is 7.24. The molecule has 0 aliphatic rings. The van der Waals surface area contributed by atoms with E-state index in [9.17, 15) is 18.0 Å². The molecule has 4 rings (SSSR count). The molecule has 1 aromatic heterocycles. The molecular weight excluding hydrogens is 451 g/mol. The molecule has 0 bridgehead atoms. The van der Waals surface area contributed by atoms with Crippen LogP contribution in [0.5, 0.6) is 5.75 Å². The minimum Gasteiger partial charge on any atom is -0.497 e. The fourth-order valence-corrected chi connectivity index (χ4v) is 4.08. The molecule has 1 amide bonds. The molecule has 1 heterocycles. The van der Waals surface area contributed by atoms with E-state index in [1.165, 1.54) is 17.8 Å². The van der Waals surface area contributed by atoms with E-state index >= 15 is 0 Å². The standard InChI is InChI=1S/C24H20F3N3O2S/c1-32-17-8-10-18(11-9-17)33-14-21(31)30-22(15-5-3-2-4-6-15)16-7-12-19-20(13-16)29-23(28-19)24(25,26)27/h2-13,22H,14H2,1H3,(H,28,29)(H,30,31). The zero-order valence-corrected chi connectivity index (χ0v) is 18.3. The van der Waals surface area contributed by atoms with Crippen LogP contribution in [0.25, 0.3) is 11.0 Å². The Balaban J connectivity index is 1.55. The normalized spacial score (nSPS) is 12.5. The van der Waals surface area contributed by atoms with Crippen LogP contribution in [-0.4, -0.2) is 28.7 Å². The Hall–Kier alpha value is -3.46. The molecule has 5 nitrogen and oxygen atoms in total. The van der Waals surface area contributed by atoms with Crippen molar-refractivity contribution in [2.45, 2.75) is 17.1 Å². The maximum Gasteiger partial charge on any atom is 0.449 e. The second kappa shape index (κ2) is 9.58. The summed E-state index contributed by atoms with van der Waals surface area (Å²) >= 11 is 1.38. The van der Waals surface area contributed by atoms with Gasteiger partial charge in [0.25, 0.3) is 0 Å². The van der Waals surface area contributed by atoms with E-state index in [1.807, 2.05) is 54.6 Å². The zero-order chi connectivity index (χ0) is 23.4. The van der Waals surface area contributed by atoms with Gasteiger partial charge in [-0.1, -0.05) is 36.4 Å². The average Bonchev–Trinajstić information content (AvgIpc) is 3.26. The Morgan fingerprint density at radius 3 is 2.45 bits per heavy atom. The first-order chi connectivity index (χ1) is 15.8. The van der Waals surface area contributed by atoms with Gasteiger partial charge in [-0.25, -0.2) is 4.98 Å². The molecule has 9 heteroatoms. The first kappa shape index (κ1) is 22.7. The number of H-pyrrole nitrogens is 1. The van der Waals surface area contributed by atoms with E-state index in [2.05, 4.69) is 15.3 Å². The summed E-state index contributed by atoms with van der Waals surface area (Å²) in [5.74, 6) is -0.341. The van der Waals surface area contributed by atoms with Gasteiger partial charge in [-0.2, -0.15) is 13.2 Å². The number of benzene rings is 3. The van der Waals surface area contributed by atoms with Gasteiger partial charge >= 0.3 is 6.18 Å². The second-order valence-corrected chi connectivity index (χ2v) is 8.28. The van der Waals surface area contributed by atoms with Crippen LogP contribution < -0.4 is 10.1 Å². The van der Waals surface area contributed by atoms with Gasteiger partial charge in [0, 0.05) is 4.90 Å². The molecule has 0 radical (unpaired) electrons. The number of nitrogens with zero attached hydrogens (tertiary/aromatic N) is 1. The van der Waals surface area contributed by atoms with Crippen LogP contribution in [0.4, 0.5) is 13.2 Å². The predicted octanol–water partition coefficient (Wildman–Crippen LogP) is 5.59. The van der Waals surface area contributed by atoms with Crippen molar-refractivity contribution in [3.63, 3.8) is 0 Å². The highest BCUT2D eigenvalue weighted by Crippen LogP contribution is 2.31. The minimum atomic E-state index is -4.56. The average molecular weight is 472 g/mol. The minimum absolute atomic E-state index is 0.181. The number of ether oxygens (including phenoxy) is 1. The number of aromatic nitrogens is 2. The number of methoxy groups -OCH3 is 1. The summed E-state index contributed by atoms with van der Waals surface area (Å²) in [4.78, 5) is 19.6. The summed E-state index contributed by atoms with van der Waals surface area (Å²) in [7, 11) is 1.59. The third-order valence-electron chi connectivity index (χ3n) is 4.98. The maximum atomic E-state index is 13.0. The third-order valence-corrected chi connectivity index (χ3v) is 5.99. The van der Waals surface area contributed by atoms with Gasteiger partial charge in [0.15, 0.2) is 0 Å². The molecule has 2 N–H and O–H groups in total. The summed E-state index contributed by atoms with van der Waals surface area (Å²) in [6, 6.07) is 20.9. The topological polar surface area (TPSA) is 67.0 Å².